The van der Waals surface area contributed by atoms with Crippen molar-refractivity contribution in [3.05, 3.63) is 71.8 Å². The molecule has 0 saturated carbocycles. The average Bonchev–Trinajstić information content (AvgIpc) is 2.68. The Balaban J connectivity index is 2.39. The molecule has 2 rings (SSSR count). The molecule has 0 radical (unpaired) electrons. The van der Waals surface area contributed by atoms with Crippen molar-refractivity contribution in [2.75, 3.05) is 7.11 Å². The van der Waals surface area contributed by atoms with Crippen molar-refractivity contribution in [1.82, 2.24) is 0 Å². The highest BCUT2D eigenvalue weighted by molar-refractivity contribution is 6.07. The molecule has 29 heavy (non-hydrogen) atoms. The van der Waals surface area contributed by atoms with Crippen LogP contribution in [0.1, 0.15) is 49.2 Å². The van der Waals surface area contributed by atoms with Gasteiger partial charge in [-0.3, -0.25) is 4.79 Å². The Bertz CT molecular complexity index is 861. The zero-order valence-electron chi connectivity index (χ0n) is 17.9. The van der Waals surface area contributed by atoms with Gasteiger partial charge in [0.15, 0.2) is 5.78 Å². The van der Waals surface area contributed by atoms with Crippen LogP contribution in [0.2, 0.25) is 0 Å². The van der Waals surface area contributed by atoms with Gasteiger partial charge in [-0.25, -0.2) is 0 Å². The molecule has 0 fully saturated rings. The van der Waals surface area contributed by atoms with Gasteiger partial charge in [-0.1, -0.05) is 6.08 Å². The number of carbonyl (C=O) groups excluding carboxylic acids is 1. The van der Waals surface area contributed by atoms with E-state index in [1.807, 2.05) is 45.9 Å². The first-order valence-corrected chi connectivity index (χ1v) is 9.81. The Morgan fingerprint density at radius 1 is 1.00 bits per heavy atom. The lowest BCUT2D eigenvalue weighted by Gasteiger charge is -2.19. The highest BCUT2D eigenvalue weighted by Gasteiger charge is 2.13. The smallest absolute Gasteiger partial charge is 0.185 e. The second-order valence-electron chi connectivity index (χ2n) is 7.25. The summed E-state index contributed by atoms with van der Waals surface area (Å²) in [6.07, 6.45) is 5.89. The lowest BCUT2D eigenvalue weighted by Crippen LogP contribution is -2.10. The van der Waals surface area contributed by atoms with Crippen molar-refractivity contribution >= 4 is 11.9 Å². The summed E-state index contributed by atoms with van der Waals surface area (Å²) in [5, 5.41) is 0. The summed E-state index contributed by atoms with van der Waals surface area (Å²) < 4.78 is 17.1. The van der Waals surface area contributed by atoms with E-state index in [0.29, 0.717) is 23.5 Å². The van der Waals surface area contributed by atoms with Crippen LogP contribution in [0.3, 0.4) is 0 Å². The van der Waals surface area contributed by atoms with E-state index in [9.17, 15) is 4.79 Å². The predicted molar refractivity (Wildman–Crippen MR) is 118 cm³/mol. The van der Waals surface area contributed by atoms with Gasteiger partial charge in [0, 0.05) is 17.2 Å². The molecule has 0 saturated heterocycles. The van der Waals surface area contributed by atoms with E-state index >= 15 is 0 Å². The molecular weight excluding hydrogens is 364 g/mol. The number of methoxy groups -OCH3 is 1. The number of hydrogen-bond acceptors (Lipinski definition) is 4. The maximum absolute atomic E-state index is 12.6. The van der Waals surface area contributed by atoms with Crippen LogP contribution in [0.25, 0.3) is 6.08 Å². The van der Waals surface area contributed by atoms with E-state index < -0.39 is 0 Å². The first kappa shape index (κ1) is 22.3. The molecule has 0 N–H and O–H groups in total. The number of hydrogen-bond donors (Lipinski definition) is 0. The molecule has 0 aliphatic rings. The Morgan fingerprint density at radius 3 is 2.17 bits per heavy atom. The number of allylic oxidation sites excluding steroid dienone is 2. The largest absolute Gasteiger partial charge is 0.497 e. The zero-order chi connectivity index (χ0) is 21.4. The van der Waals surface area contributed by atoms with E-state index in [0.717, 1.165) is 16.9 Å². The van der Waals surface area contributed by atoms with Crippen molar-refractivity contribution in [1.29, 1.82) is 0 Å². The highest BCUT2D eigenvalue weighted by atomic mass is 16.5. The van der Waals surface area contributed by atoms with Gasteiger partial charge in [0.05, 0.1) is 19.3 Å². The van der Waals surface area contributed by atoms with Crippen molar-refractivity contribution in [2.24, 2.45) is 0 Å². The van der Waals surface area contributed by atoms with Gasteiger partial charge in [-0.15, -0.1) is 6.58 Å². The summed E-state index contributed by atoms with van der Waals surface area (Å²) in [5.41, 5.74) is 2.43. The quantitative estimate of drug-likeness (QED) is 0.286. The van der Waals surface area contributed by atoms with E-state index in [4.69, 9.17) is 14.2 Å². The van der Waals surface area contributed by atoms with Crippen LogP contribution in [0.5, 0.6) is 17.2 Å². The van der Waals surface area contributed by atoms with Crippen LogP contribution < -0.4 is 14.2 Å². The fraction of sp³-hybridized carbons (Fsp3) is 0.320. The minimum absolute atomic E-state index is 0.00315. The Kier molecular flexibility index (Phi) is 8.08. The summed E-state index contributed by atoms with van der Waals surface area (Å²) in [5.74, 6) is 2.08. The van der Waals surface area contributed by atoms with E-state index in [1.165, 1.54) is 0 Å². The third-order valence-electron chi connectivity index (χ3n) is 4.07. The molecule has 0 aliphatic carbocycles. The molecule has 0 atom stereocenters. The Labute approximate surface area is 173 Å². The Hall–Kier alpha value is -3.01. The lowest BCUT2D eigenvalue weighted by molar-refractivity contribution is 0.104. The normalized spacial score (nSPS) is 11.1. The third kappa shape index (κ3) is 6.53. The van der Waals surface area contributed by atoms with Gasteiger partial charge < -0.3 is 14.2 Å². The maximum Gasteiger partial charge on any atom is 0.185 e. The molecule has 0 amide bonds. The highest BCUT2D eigenvalue weighted by Crippen LogP contribution is 2.32. The second kappa shape index (κ2) is 10.5. The van der Waals surface area contributed by atoms with Crippen molar-refractivity contribution in [3.63, 3.8) is 0 Å². The molecular formula is C25H30O4. The summed E-state index contributed by atoms with van der Waals surface area (Å²) in [6, 6.07) is 10.9. The van der Waals surface area contributed by atoms with Gasteiger partial charge >= 0.3 is 0 Å². The van der Waals surface area contributed by atoms with Crippen LogP contribution in [-0.4, -0.2) is 25.1 Å². The summed E-state index contributed by atoms with van der Waals surface area (Å²) in [6.45, 7) is 11.7. The van der Waals surface area contributed by atoms with E-state index in [-0.39, 0.29) is 18.0 Å². The van der Waals surface area contributed by atoms with Gasteiger partial charge in [0.25, 0.3) is 0 Å². The van der Waals surface area contributed by atoms with Crippen LogP contribution in [0.4, 0.5) is 0 Å². The van der Waals surface area contributed by atoms with Crippen molar-refractivity contribution < 1.29 is 19.0 Å². The molecule has 0 aliphatic heterocycles. The van der Waals surface area contributed by atoms with Crippen LogP contribution in [-0.2, 0) is 6.42 Å². The molecule has 0 aromatic heterocycles. The standard InChI is InChI=1S/C25H30O4/c1-7-8-20-15-21(25(29-18(4)5)16-24(20)28-17(2)3)11-14-23(26)19-9-12-22(27-6)13-10-19/h7,9-18H,1,8H2,2-6H3. The minimum Gasteiger partial charge on any atom is -0.497 e. The monoisotopic (exact) mass is 394 g/mol. The zero-order valence-corrected chi connectivity index (χ0v) is 17.9. The van der Waals surface area contributed by atoms with E-state index in [1.54, 1.807) is 43.5 Å². The van der Waals surface area contributed by atoms with Crippen molar-refractivity contribution in [3.8, 4) is 17.2 Å². The fourth-order valence-electron chi connectivity index (χ4n) is 2.81. The molecule has 0 spiro atoms. The average molecular weight is 395 g/mol. The molecule has 154 valence electrons. The fourth-order valence-corrected chi connectivity index (χ4v) is 2.81. The molecule has 4 heteroatoms. The first-order chi connectivity index (χ1) is 13.8. The molecule has 2 aromatic carbocycles. The van der Waals surface area contributed by atoms with Gasteiger partial charge in [0.2, 0.25) is 0 Å². The van der Waals surface area contributed by atoms with Crippen molar-refractivity contribution in [2.45, 2.75) is 46.3 Å². The second-order valence-corrected chi connectivity index (χ2v) is 7.25. The van der Waals surface area contributed by atoms with E-state index in [2.05, 4.69) is 6.58 Å². The maximum atomic E-state index is 12.6. The van der Waals surface area contributed by atoms with Crippen LogP contribution >= 0.6 is 0 Å². The lowest BCUT2D eigenvalue weighted by atomic mass is 10.0. The molecule has 0 unspecified atom stereocenters. The number of ketones is 1. The molecule has 0 heterocycles. The number of carbonyl (C=O) groups is 1. The minimum atomic E-state index is -0.0871. The SMILES string of the molecule is C=CCc1cc(C=CC(=O)c2ccc(OC)cc2)c(OC(C)C)cc1OC(C)C. The number of rotatable bonds is 10. The summed E-state index contributed by atoms with van der Waals surface area (Å²) in [7, 11) is 1.60. The summed E-state index contributed by atoms with van der Waals surface area (Å²) >= 11 is 0. The Morgan fingerprint density at radius 2 is 1.62 bits per heavy atom. The van der Waals surface area contributed by atoms with Gasteiger partial charge in [-0.05, 0) is 82.2 Å². The molecule has 4 nitrogen and oxygen atoms in total. The number of benzene rings is 2. The molecule has 2 aromatic rings. The summed E-state index contributed by atoms with van der Waals surface area (Å²) in [4.78, 5) is 12.6. The van der Waals surface area contributed by atoms with Gasteiger partial charge in [-0.2, -0.15) is 0 Å². The topological polar surface area (TPSA) is 44.8 Å². The predicted octanol–water partition coefficient (Wildman–Crippen LogP) is 5.89. The van der Waals surface area contributed by atoms with Crippen LogP contribution in [0, 0.1) is 0 Å². The van der Waals surface area contributed by atoms with Crippen LogP contribution in [0.15, 0.2) is 55.1 Å². The molecule has 0 bridgehead atoms. The van der Waals surface area contributed by atoms with Gasteiger partial charge in [0.1, 0.15) is 17.2 Å². The third-order valence-corrected chi connectivity index (χ3v) is 4.07. The first-order valence-electron chi connectivity index (χ1n) is 9.81. The number of ether oxygens (including phenoxy) is 3.